The van der Waals surface area contributed by atoms with Crippen molar-refractivity contribution in [2.24, 2.45) is 0 Å². The van der Waals surface area contributed by atoms with E-state index in [2.05, 4.69) is 19.9 Å². The van der Waals surface area contributed by atoms with Gasteiger partial charge in [-0.25, -0.2) is 33.3 Å². The maximum atomic E-state index is 13.3. The van der Waals surface area contributed by atoms with Gasteiger partial charge in [-0.05, 0) is 23.3 Å². The van der Waals surface area contributed by atoms with Gasteiger partial charge in [0.05, 0.1) is 25.0 Å². The van der Waals surface area contributed by atoms with E-state index >= 15 is 0 Å². The van der Waals surface area contributed by atoms with Crippen LogP contribution in [0.5, 0.6) is 11.6 Å². The number of ether oxygens (including phenoxy) is 2. The van der Waals surface area contributed by atoms with Crippen molar-refractivity contribution < 1.29 is 18.3 Å². The summed E-state index contributed by atoms with van der Waals surface area (Å²) in [6, 6.07) is 13.5. The van der Waals surface area contributed by atoms with Crippen molar-refractivity contribution in [2.45, 2.75) is 23.9 Å². The van der Waals surface area contributed by atoms with Gasteiger partial charge in [0.15, 0.2) is 16.6 Å². The molecule has 0 aliphatic heterocycles. The van der Waals surface area contributed by atoms with Gasteiger partial charge < -0.3 is 9.47 Å². The zero-order chi connectivity index (χ0) is 25.8. The highest BCUT2D eigenvalue weighted by Crippen LogP contribution is 2.26. The fraction of sp³-hybridized carbons (Fsp3) is 0.160. The van der Waals surface area contributed by atoms with Crippen LogP contribution < -0.4 is 15.0 Å². The molecule has 12 heteroatoms. The average molecular weight is 540 g/mol. The normalized spacial score (nSPS) is 11.2. The summed E-state index contributed by atoms with van der Waals surface area (Å²) in [4.78, 5) is 30.7. The number of hydrogen-bond acceptors (Lipinski definition) is 9. The van der Waals surface area contributed by atoms with Crippen LogP contribution in [0.25, 0.3) is 16.2 Å². The predicted molar refractivity (Wildman–Crippen MR) is 137 cm³/mol. The van der Waals surface area contributed by atoms with Crippen LogP contribution in [0.4, 0.5) is 8.78 Å². The van der Waals surface area contributed by atoms with Gasteiger partial charge in [-0.2, -0.15) is 0 Å². The fourth-order valence-electron chi connectivity index (χ4n) is 3.38. The van der Waals surface area contributed by atoms with Crippen molar-refractivity contribution in [1.82, 2.24) is 24.5 Å². The Morgan fingerprint density at radius 3 is 2.43 bits per heavy atom. The summed E-state index contributed by atoms with van der Waals surface area (Å²) in [5, 5.41) is 0.363. The highest BCUT2D eigenvalue weighted by Gasteiger charge is 2.17. The second-order valence-electron chi connectivity index (χ2n) is 7.72. The van der Waals surface area contributed by atoms with Crippen molar-refractivity contribution in [1.29, 1.82) is 0 Å². The molecule has 0 radical (unpaired) electrons. The minimum atomic E-state index is -2.53. The third-order valence-corrected chi connectivity index (χ3v) is 7.14. The summed E-state index contributed by atoms with van der Waals surface area (Å²) < 4.78 is 38.4. The molecule has 188 valence electrons. The zero-order valence-electron chi connectivity index (χ0n) is 19.4. The van der Waals surface area contributed by atoms with E-state index in [9.17, 15) is 13.6 Å². The third kappa shape index (κ3) is 5.59. The molecule has 0 N–H and O–H groups in total. The molecule has 5 aromatic rings. The summed E-state index contributed by atoms with van der Waals surface area (Å²) in [6.45, 7) is 0.289. The van der Waals surface area contributed by atoms with Crippen molar-refractivity contribution in [3.8, 4) is 17.4 Å². The minimum absolute atomic E-state index is 0.0442. The van der Waals surface area contributed by atoms with Crippen LogP contribution in [0, 0.1) is 0 Å². The molecule has 37 heavy (non-hydrogen) atoms. The molecule has 0 saturated heterocycles. The first-order chi connectivity index (χ1) is 18.0. The zero-order valence-corrected chi connectivity index (χ0v) is 21.0. The van der Waals surface area contributed by atoms with E-state index in [-0.39, 0.29) is 23.5 Å². The maximum absolute atomic E-state index is 13.3. The first-order valence-electron chi connectivity index (χ1n) is 11.0. The highest BCUT2D eigenvalue weighted by molar-refractivity contribution is 7.98. The van der Waals surface area contributed by atoms with E-state index in [1.54, 1.807) is 24.8 Å². The first kappa shape index (κ1) is 24.8. The van der Waals surface area contributed by atoms with Crippen LogP contribution in [-0.4, -0.2) is 31.6 Å². The van der Waals surface area contributed by atoms with E-state index in [4.69, 9.17) is 9.47 Å². The second-order valence-corrected chi connectivity index (χ2v) is 9.52. The summed E-state index contributed by atoms with van der Waals surface area (Å²) in [7, 11) is 1.60. The molecule has 0 aliphatic rings. The number of rotatable bonds is 9. The van der Waals surface area contributed by atoms with Crippen LogP contribution in [-0.2, 0) is 12.4 Å². The van der Waals surface area contributed by atoms with E-state index < -0.39 is 6.43 Å². The largest absolute Gasteiger partial charge is 0.497 e. The van der Waals surface area contributed by atoms with E-state index in [1.807, 2.05) is 24.3 Å². The van der Waals surface area contributed by atoms with Crippen molar-refractivity contribution in [2.75, 3.05) is 7.11 Å². The lowest BCUT2D eigenvalue weighted by molar-refractivity contribution is 0.151. The number of halogens is 2. The van der Waals surface area contributed by atoms with E-state index in [0.29, 0.717) is 27.1 Å². The molecule has 5 rings (SSSR count). The average Bonchev–Trinajstić information content (AvgIpc) is 3.41. The number of aromatic nitrogens is 5. The number of benzene rings is 2. The van der Waals surface area contributed by atoms with Gasteiger partial charge in [0.1, 0.15) is 17.1 Å². The number of alkyl halides is 2. The molecule has 0 atom stereocenters. The first-order valence-corrected chi connectivity index (χ1v) is 12.8. The van der Waals surface area contributed by atoms with Gasteiger partial charge in [-0.1, -0.05) is 48.2 Å². The summed E-state index contributed by atoms with van der Waals surface area (Å²) in [5.41, 5.74) is 3.28. The third-order valence-electron chi connectivity index (χ3n) is 5.33. The molecule has 3 aromatic heterocycles. The number of nitrogens with zero attached hydrogens (tertiary/aromatic N) is 5. The Morgan fingerprint density at radius 1 is 1.00 bits per heavy atom. The van der Waals surface area contributed by atoms with Crippen molar-refractivity contribution >= 4 is 33.4 Å². The van der Waals surface area contributed by atoms with E-state index in [1.165, 1.54) is 52.2 Å². The topological polar surface area (TPSA) is 92.0 Å². The summed E-state index contributed by atoms with van der Waals surface area (Å²) in [5.74, 6) is 1.74. The van der Waals surface area contributed by atoms with Gasteiger partial charge in [0, 0.05) is 11.3 Å². The van der Waals surface area contributed by atoms with Crippen molar-refractivity contribution in [3.63, 3.8) is 0 Å². The van der Waals surface area contributed by atoms with Gasteiger partial charge in [0.25, 0.3) is 12.0 Å². The van der Waals surface area contributed by atoms with Crippen LogP contribution >= 0.6 is 23.1 Å². The number of thiazole rings is 1. The van der Waals surface area contributed by atoms with Gasteiger partial charge >= 0.3 is 0 Å². The smallest absolute Gasteiger partial charge is 0.279 e. The fourth-order valence-corrected chi connectivity index (χ4v) is 4.98. The molecule has 0 saturated carbocycles. The molecule has 0 fully saturated rings. The summed E-state index contributed by atoms with van der Waals surface area (Å²) in [6.07, 6.45) is 0.364. The lowest BCUT2D eigenvalue weighted by atomic mass is 10.2. The van der Waals surface area contributed by atoms with Crippen LogP contribution in [0.3, 0.4) is 0 Å². The Kier molecular flexibility index (Phi) is 7.37. The Hall–Kier alpha value is -3.90. The molecule has 0 unspecified atom stereocenters. The molecule has 0 aliphatic carbocycles. The lowest BCUT2D eigenvalue weighted by Gasteiger charge is -2.11. The Labute approximate surface area is 218 Å². The highest BCUT2D eigenvalue weighted by atomic mass is 32.2. The molecular formula is C25H19F2N5O3S2. The maximum Gasteiger partial charge on any atom is 0.279 e. The standard InChI is InChI=1S/C25H19F2N5O3S2/c1-34-18-8-4-15(5-9-18)12-35-20-11-28-19(10-29-20)32-24(33)21-23(30-14-37-21)31-25(32)36-13-16-2-6-17(7-3-16)22(26)27/h2-11,14,22H,12-13H2,1H3. The lowest BCUT2D eigenvalue weighted by Crippen LogP contribution is -2.22. The Balaban J connectivity index is 1.37. The van der Waals surface area contributed by atoms with Crippen molar-refractivity contribution in [3.05, 3.63) is 93.5 Å². The molecule has 0 amide bonds. The molecule has 8 nitrogen and oxygen atoms in total. The number of methoxy groups -OCH3 is 1. The molecular weight excluding hydrogens is 520 g/mol. The molecule has 0 bridgehead atoms. The molecule has 2 aromatic carbocycles. The van der Waals surface area contributed by atoms with Crippen LogP contribution in [0.1, 0.15) is 23.1 Å². The van der Waals surface area contributed by atoms with Gasteiger partial charge in [-0.15, -0.1) is 11.3 Å². The number of hydrogen-bond donors (Lipinski definition) is 0. The van der Waals surface area contributed by atoms with Gasteiger partial charge in [0.2, 0.25) is 5.88 Å². The minimum Gasteiger partial charge on any atom is -0.497 e. The van der Waals surface area contributed by atoms with Crippen LogP contribution in [0.2, 0.25) is 0 Å². The second kappa shape index (κ2) is 11.0. The number of fused-ring (bicyclic) bond motifs is 1. The Morgan fingerprint density at radius 2 is 1.76 bits per heavy atom. The molecule has 3 heterocycles. The van der Waals surface area contributed by atoms with Gasteiger partial charge in [-0.3, -0.25) is 4.79 Å². The SMILES string of the molecule is COc1ccc(COc2cnc(-n3c(SCc4ccc(C(F)F)cc4)nc4ncsc4c3=O)cn2)cc1. The summed E-state index contributed by atoms with van der Waals surface area (Å²) >= 11 is 2.47. The van der Waals surface area contributed by atoms with Crippen LogP contribution in [0.15, 0.2) is 76.4 Å². The Bertz CT molecular complexity index is 1560. The quantitative estimate of drug-likeness (QED) is 0.180. The predicted octanol–water partition coefficient (Wildman–Crippen LogP) is 5.45. The van der Waals surface area contributed by atoms with E-state index in [0.717, 1.165) is 16.9 Å². The molecule has 0 spiro atoms. The number of thioether (sulfide) groups is 1. The monoisotopic (exact) mass is 539 g/mol.